The van der Waals surface area contributed by atoms with Crippen molar-refractivity contribution >= 4 is 11.0 Å². The Hall–Kier alpha value is -1.53. The molecule has 0 saturated carbocycles. The smallest absolute Gasteiger partial charge is 0.411 e. The van der Waals surface area contributed by atoms with Crippen LogP contribution in [0.2, 0.25) is 0 Å². The Morgan fingerprint density at radius 1 is 1.25 bits per heavy atom. The molecule has 0 atom stereocenters. The highest BCUT2D eigenvalue weighted by atomic mass is 19.4. The molecule has 0 amide bonds. The van der Waals surface area contributed by atoms with Crippen LogP contribution < -0.4 is 5.32 Å². The molecule has 6 heteroatoms. The number of hydrogen-bond acceptors (Lipinski definition) is 3. The molecule has 0 fully saturated rings. The summed E-state index contributed by atoms with van der Waals surface area (Å²) in [6.45, 7) is 1.58. The van der Waals surface area contributed by atoms with Crippen molar-refractivity contribution in [2.75, 3.05) is 19.8 Å². The fourth-order valence-corrected chi connectivity index (χ4v) is 1.99. The molecule has 0 aliphatic heterocycles. The second-order valence-electron chi connectivity index (χ2n) is 4.48. The lowest BCUT2D eigenvalue weighted by Gasteiger charge is -2.08. The fourth-order valence-electron chi connectivity index (χ4n) is 1.99. The Balaban J connectivity index is 1.80. The average Bonchev–Trinajstić information content (AvgIpc) is 2.68. The van der Waals surface area contributed by atoms with Crippen molar-refractivity contribution in [3.8, 4) is 0 Å². The first-order chi connectivity index (χ1) is 9.47. The number of halogens is 3. The predicted molar refractivity (Wildman–Crippen MR) is 69.5 cm³/mol. The van der Waals surface area contributed by atoms with Gasteiger partial charge in [0.25, 0.3) is 0 Å². The van der Waals surface area contributed by atoms with Gasteiger partial charge in [-0.3, -0.25) is 0 Å². The van der Waals surface area contributed by atoms with Crippen LogP contribution in [0.5, 0.6) is 0 Å². The standard InChI is InChI=1S/C14H16F3NO2/c1-10-12(11-4-2-3-5-13(11)20-10)8-18-6-7-19-9-14(15,16)17/h2-5,18H,6-9H2,1H3. The fraction of sp³-hybridized carbons (Fsp3) is 0.429. The number of fused-ring (bicyclic) bond motifs is 1. The highest BCUT2D eigenvalue weighted by Crippen LogP contribution is 2.24. The van der Waals surface area contributed by atoms with Gasteiger partial charge < -0.3 is 14.5 Å². The normalized spacial score (nSPS) is 12.2. The molecule has 1 N–H and O–H groups in total. The summed E-state index contributed by atoms with van der Waals surface area (Å²) in [4.78, 5) is 0. The van der Waals surface area contributed by atoms with Gasteiger partial charge in [-0.25, -0.2) is 0 Å². The van der Waals surface area contributed by atoms with E-state index in [9.17, 15) is 13.2 Å². The SMILES string of the molecule is Cc1oc2ccccc2c1CNCCOCC(F)(F)F. The summed E-state index contributed by atoms with van der Waals surface area (Å²) in [6.07, 6.45) is -4.27. The van der Waals surface area contributed by atoms with Crippen LogP contribution in [0.1, 0.15) is 11.3 Å². The van der Waals surface area contributed by atoms with Crippen LogP contribution in [0.4, 0.5) is 13.2 Å². The number of ether oxygens (including phenoxy) is 1. The van der Waals surface area contributed by atoms with Crippen LogP contribution >= 0.6 is 0 Å². The van der Waals surface area contributed by atoms with Gasteiger partial charge in [0.15, 0.2) is 0 Å². The van der Waals surface area contributed by atoms with Crippen LogP contribution in [0.3, 0.4) is 0 Å². The van der Waals surface area contributed by atoms with Crippen LogP contribution in [-0.2, 0) is 11.3 Å². The summed E-state index contributed by atoms with van der Waals surface area (Å²) >= 11 is 0. The molecule has 1 aromatic heterocycles. The quantitative estimate of drug-likeness (QED) is 0.827. The molecule has 2 rings (SSSR count). The molecule has 1 heterocycles. The Morgan fingerprint density at radius 2 is 2.00 bits per heavy atom. The lowest BCUT2D eigenvalue weighted by atomic mass is 10.1. The topological polar surface area (TPSA) is 34.4 Å². The Kier molecular flexibility index (Phi) is 4.67. The molecule has 0 spiro atoms. The van der Waals surface area contributed by atoms with E-state index < -0.39 is 12.8 Å². The minimum atomic E-state index is -4.27. The largest absolute Gasteiger partial charge is 0.461 e. The zero-order valence-electron chi connectivity index (χ0n) is 11.1. The second kappa shape index (κ2) is 6.28. The first-order valence-electron chi connectivity index (χ1n) is 6.29. The van der Waals surface area contributed by atoms with Gasteiger partial charge in [0, 0.05) is 24.0 Å². The number of para-hydroxylation sites is 1. The van der Waals surface area contributed by atoms with Crippen LogP contribution in [0, 0.1) is 6.92 Å². The molecule has 0 unspecified atom stereocenters. The molecule has 0 aliphatic rings. The molecule has 0 saturated heterocycles. The van der Waals surface area contributed by atoms with E-state index in [1.54, 1.807) is 0 Å². The Bertz CT molecular complexity index is 563. The number of furan rings is 1. The van der Waals surface area contributed by atoms with Gasteiger partial charge in [-0.1, -0.05) is 18.2 Å². The molecular formula is C14H16F3NO2. The van der Waals surface area contributed by atoms with Gasteiger partial charge in [-0.05, 0) is 13.0 Å². The summed E-state index contributed by atoms with van der Waals surface area (Å²) in [6, 6.07) is 7.67. The molecule has 2 aromatic rings. The van der Waals surface area contributed by atoms with E-state index in [-0.39, 0.29) is 6.61 Å². The number of nitrogens with one attached hydrogen (secondary N) is 1. The molecule has 110 valence electrons. The zero-order valence-corrected chi connectivity index (χ0v) is 11.1. The summed E-state index contributed by atoms with van der Waals surface area (Å²) in [7, 11) is 0. The summed E-state index contributed by atoms with van der Waals surface area (Å²) in [5.41, 5.74) is 1.84. The van der Waals surface area contributed by atoms with Crippen molar-refractivity contribution < 1.29 is 22.3 Å². The number of aryl methyl sites for hydroxylation is 1. The summed E-state index contributed by atoms with van der Waals surface area (Å²) < 4.78 is 45.7. The predicted octanol–water partition coefficient (Wildman–Crippen LogP) is 3.41. The highest BCUT2D eigenvalue weighted by molar-refractivity contribution is 5.82. The van der Waals surface area contributed by atoms with Gasteiger partial charge in [0.05, 0.1) is 6.61 Å². The lowest BCUT2D eigenvalue weighted by molar-refractivity contribution is -0.173. The molecule has 0 bridgehead atoms. The Labute approximate surface area is 114 Å². The van der Waals surface area contributed by atoms with E-state index in [1.165, 1.54) is 0 Å². The van der Waals surface area contributed by atoms with Gasteiger partial charge in [0.1, 0.15) is 18.0 Å². The molecular weight excluding hydrogens is 271 g/mol. The third-order valence-corrected chi connectivity index (χ3v) is 2.89. The van der Waals surface area contributed by atoms with E-state index in [4.69, 9.17) is 4.42 Å². The second-order valence-corrected chi connectivity index (χ2v) is 4.48. The van der Waals surface area contributed by atoms with E-state index in [0.717, 1.165) is 22.3 Å². The monoisotopic (exact) mass is 287 g/mol. The maximum atomic E-state index is 11.9. The molecule has 0 radical (unpaired) electrons. The average molecular weight is 287 g/mol. The van der Waals surface area contributed by atoms with Crippen molar-refractivity contribution in [2.45, 2.75) is 19.6 Å². The number of hydrogen-bond donors (Lipinski definition) is 1. The number of benzene rings is 1. The molecule has 1 aromatic carbocycles. The van der Waals surface area contributed by atoms with E-state index in [1.807, 2.05) is 31.2 Å². The van der Waals surface area contributed by atoms with E-state index in [2.05, 4.69) is 10.1 Å². The molecule has 0 aliphatic carbocycles. The van der Waals surface area contributed by atoms with Crippen molar-refractivity contribution in [3.63, 3.8) is 0 Å². The van der Waals surface area contributed by atoms with Gasteiger partial charge >= 0.3 is 6.18 Å². The summed E-state index contributed by atoms with van der Waals surface area (Å²) in [5.74, 6) is 0.815. The highest BCUT2D eigenvalue weighted by Gasteiger charge is 2.27. The zero-order chi connectivity index (χ0) is 14.6. The maximum Gasteiger partial charge on any atom is 0.411 e. The maximum absolute atomic E-state index is 11.9. The molecule has 20 heavy (non-hydrogen) atoms. The number of rotatable bonds is 6. The van der Waals surface area contributed by atoms with Gasteiger partial charge in [0.2, 0.25) is 0 Å². The van der Waals surface area contributed by atoms with Gasteiger partial charge in [-0.15, -0.1) is 0 Å². The van der Waals surface area contributed by atoms with E-state index >= 15 is 0 Å². The van der Waals surface area contributed by atoms with Gasteiger partial charge in [-0.2, -0.15) is 13.2 Å². The van der Waals surface area contributed by atoms with Crippen molar-refractivity contribution in [1.29, 1.82) is 0 Å². The van der Waals surface area contributed by atoms with Crippen LogP contribution in [0.15, 0.2) is 28.7 Å². The van der Waals surface area contributed by atoms with Crippen LogP contribution in [0.25, 0.3) is 11.0 Å². The minimum absolute atomic E-state index is 0.0222. The number of alkyl halides is 3. The third kappa shape index (κ3) is 3.98. The minimum Gasteiger partial charge on any atom is -0.461 e. The first-order valence-corrected chi connectivity index (χ1v) is 6.29. The van der Waals surface area contributed by atoms with Crippen molar-refractivity contribution in [1.82, 2.24) is 5.32 Å². The lowest BCUT2D eigenvalue weighted by Crippen LogP contribution is -2.23. The first kappa shape index (κ1) is 14.9. The van der Waals surface area contributed by atoms with E-state index in [0.29, 0.717) is 13.1 Å². The van der Waals surface area contributed by atoms with Crippen molar-refractivity contribution in [2.24, 2.45) is 0 Å². The van der Waals surface area contributed by atoms with Crippen molar-refractivity contribution in [3.05, 3.63) is 35.6 Å². The molecule has 3 nitrogen and oxygen atoms in total. The third-order valence-electron chi connectivity index (χ3n) is 2.89. The van der Waals surface area contributed by atoms with Crippen LogP contribution in [-0.4, -0.2) is 25.9 Å². The Morgan fingerprint density at radius 3 is 2.75 bits per heavy atom. The summed E-state index contributed by atoms with van der Waals surface area (Å²) in [5, 5.41) is 4.08.